The zero-order chi connectivity index (χ0) is 19.8. The molecule has 1 aliphatic heterocycles. The Kier molecular flexibility index (Phi) is 7.98. The molecule has 1 aromatic carbocycles. The maximum absolute atomic E-state index is 11.7. The molecule has 3 rings (SSSR count). The largest absolute Gasteiger partial charge is 0.491 e. The first-order valence-electron chi connectivity index (χ1n) is 10.7. The molecule has 0 unspecified atom stereocenters. The maximum Gasteiger partial charge on any atom is 0.409 e. The summed E-state index contributed by atoms with van der Waals surface area (Å²) in [4.78, 5) is 15.6. The summed E-state index contributed by atoms with van der Waals surface area (Å²) in [5, 5.41) is 10.3. The van der Waals surface area contributed by atoms with Gasteiger partial charge in [-0.1, -0.05) is 31.4 Å². The topological polar surface area (TPSA) is 62.2 Å². The minimum Gasteiger partial charge on any atom is -0.491 e. The summed E-state index contributed by atoms with van der Waals surface area (Å²) in [5.41, 5.74) is 1.41. The van der Waals surface area contributed by atoms with E-state index in [1.165, 1.54) is 37.7 Å². The molecule has 1 saturated heterocycles. The van der Waals surface area contributed by atoms with E-state index >= 15 is 0 Å². The van der Waals surface area contributed by atoms with Crippen LogP contribution >= 0.6 is 0 Å². The number of benzene rings is 1. The summed E-state index contributed by atoms with van der Waals surface area (Å²) in [6, 6.07) is 8.39. The fourth-order valence-corrected chi connectivity index (χ4v) is 4.14. The number of β-amino-alcohol motifs (C(OH)–C–C–N with tert-alkyl or cyclic N) is 1. The van der Waals surface area contributed by atoms with Crippen LogP contribution in [0.15, 0.2) is 24.3 Å². The number of nitrogens with zero attached hydrogens (tertiary/aromatic N) is 2. The van der Waals surface area contributed by atoms with Crippen molar-refractivity contribution in [3.63, 3.8) is 0 Å². The second-order valence-electron chi connectivity index (χ2n) is 7.86. The highest BCUT2D eigenvalue weighted by atomic mass is 16.6. The van der Waals surface area contributed by atoms with Gasteiger partial charge < -0.3 is 19.5 Å². The maximum atomic E-state index is 11.7. The monoisotopic (exact) mass is 390 g/mol. The quantitative estimate of drug-likeness (QED) is 0.774. The van der Waals surface area contributed by atoms with Gasteiger partial charge in [-0.2, -0.15) is 0 Å². The third-order valence-electron chi connectivity index (χ3n) is 5.77. The first-order valence-corrected chi connectivity index (χ1v) is 10.7. The summed E-state index contributed by atoms with van der Waals surface area (Å²) >= 11 is 0. The van der Waals surface area contributed by atoms with Crippen LogP contribution in [0.2, 0.25) is 0 Å². The SMILES string of the molecule is CCOC(=O)N1CCN(C[C@H](O)COc2ccc(C3CCCCC3)cc2)CC1. The molecule has 2 fully saturated rings. The van der Waals surface area contributed by atoms with E-state index in [4.69, 9.17) is 9.47 Å². The molecule has 1 aromatic rings. The molecule has 28 heavy (non-hydrogen) atoms. The van der Waals surface area contributed by atoms with Crippen LogP contribution in [0.4, 0.5) is 4.79 Å². The predicted octanol–water partition coefficient (Wildman–Crippen LogP) is 3.25. The van der Waals surface area contributed by atoms with Crippen LogP contribution < -0.4 is 4.74 Å². The van der Waals surface area contributed by atoms with Crippen molar-refractivity contribution in [1.82, 2.24) is 9.80 Å². The van der Waals surface area contributed by atoms with Gasteiger partial charge in [0.2, 0.25) is 0 Å². The standard InChI is InChI=1S/C22H34N2O4/c1-2-27-22(26)24-14-12-23(13-15-24)16-20(25)17-28-21-10-8-19(9-11-21)18-6-4-3-5-7-18/h8-11,18,20,25H,2-7,12-17H2,1H3/t20-/m0/s1. The molecule has 0 bridgehead atoms. The molecule has 0 aromatic heterocycles. The lowest BCUT2D eigenvalue weighted by Crippen LogP contribution is -2.51. The van der Waals surface area contributed by atoms with Crippen LogP contribution in [-0.2, 0) is 4.74 Å². The molecule has 1 heterocycles. The van der Waals surface area contributed by atoms with Crippen molar-refractivity contribution < 1.29 is 19.4 Å². The Hall–Kier alpha value is -1.79. The third kappa shape index (κ3) is 6.11. The van der Waals surface area contributed by atoms with E-state index < -0.39 is 6.10 Å². The van der Waals surface area contributed by atoms with Crippen molar-refractivity contribution in [1.29, 1.82) is 0 Å². The highest BCUT2D eigenvalue weighted by Crippen LogP contribution is 2.33. The Morgan fingerprint density at radius 3 is 2.43 bits per heavy atom. The van der Waals surface area contributed by atoms with Gasteiger partial charge >= 0.3 is 6.09 Å². The zero-order valence-corrected chi connectivity index (χ0v) is 17.0. The van der Waals surface area contributed by atoms with Crippen molar-refractivity contribution in [2.75, 3.05) is 45.9 Å². The number of aliphatic hydroxyl groups is 1. The van der Waals surface area contributed by atoms with E-state index in [1.54, 1.807) is 4.90 Å². The number of amides is 1. The minimum atomic E-state index is -0.549. The van der Waals surface area contributed by atoms with E-state index in [1.807, 2.05) is 19.1 Å². The molecule has 1 atom stereocenters. The summed E-state index contributed by atoms with van der Waals surface area (Å²) in [5.74, 6) is 1.51. The van der Waals surface area contributed by atoms with Crippen LogP contribution in [0, 0.1) is 0 Å². The zero-order valence-electron chi connectivity index (χ0n) is 17.0. The summed E-state index contributed by atoms with van der Waals surface area (Å²) in [7, 11) is 0. The summed E-state index contributed by atoms with van der Waals surface area (Å²) in [6.45, 7) is 5.80. The molecule has 1 aliphatic carbocycles. The van der Waals surface area contributed by atoms with Crippen LogP contribution in [0.1, 0.15) is 50.5 Å². The van der Waals surface area contributed by atoms with E-state index in [0.29, 0.717) is 32.2 Å². The highest BCUT2D eigenvalue weighted by molar-refractivity contribution is 5.67. The number of hydrogen-bond acceptors (Lipinski definition) is 5. The average Bonchev–Trinajstić information content (AvgIpc) is 2.74. The number of ether oxygens (including phenoxy) is 2. The Bertz CT molecular complexity index is 593. The van der Waals surface area contributed by atoms with Gasteiger partial charge in [0.25, 0.3) is 0 Å². The Labute approximate surface area is 168 Å². The fraction of sp³-hybridized carbons (Fsp3) is 0.682. The minimum absolute atomic E-state index is 0.247. The second-order valence-corrected chi connectivity index (χ2v) is 7.86. The third-order valence-corrected chi connectivity index (χ3v) is 5.77. The van der Waals surface area contributed by atoms with Gasteiger partial charge in [0.15, 0.2) is 0 Å². The lowest BCUT2D eigenvalue weighted by Gasteiger charge is -2.34. The molecule has 156 valence electrons. The summed E-state index contributed by atoms with van der Waals surface area (Å²) < 4.78 is 10.8. The lowest BCUT2D eigenvalue weighted by molar-refractivity contribution is 0.0407. The average molecular weight is 391 g/mol. The Balaban J connectivity index is 1.36. The van der Waals surface area contributed by atoms with Crippen LogP contribution in [-0.4, -0.2) is 73.0 Å². The Morgan fingerprint density at radius 2 is 1.79 bits per heavy atom. The van der Waals surface area contributed by atoms with Crippen LogP contribution in [0.3, 0.4) is 0 Å². The molecule has 0 radical (unpaired) electrons. The molecule has 6 nitrogen and oxygen atoms in total. The number of carbonyl (C=O) groups excluding carboxylic acids is 1. The smallest absolute Gasteiger partial charge is 0.409 e. The molecular weight excluding hydrogens is 356 g/mol. The van der Waals surface area contributed by atoms with Gasteiger partial charge in [-0.25, -0.2) is 4.79 Å². The van der Waals surface area contributed by atoms with E-state index in [-0.39, 0.29) is 12.7 Å². The first kappa shape index (κ1) is 20.9. The van der Waals surface area contributed by atoms with Gasteiger partial charge in [0.1, 0.15) is 18.5 Å². The lowest BCUT2D eigenvalue weighted by atomic mass is 9.84. The van der Waals surface area contributed by atoms with Crippen molar-refractivity contribution in [2.45, 2.75) is 51.0 Å². The van der Waals surface area contributed by atoms with Gasteiger partial charge in [0.05, 0.1) is 6.61 Å². The molecule has 1 N–H and O–H groups in total. The number of aliphatic hydroxyl groups excluding tert-OH is 1. The van der Waals surface area contributed by atoms with Gasteiger partial charge in [-0.05, 0) is 43.4 Å². The molecule has 6 heteroatoms. The molecule has 1 amide bonds. The highest BCUT2D eigenvalue weighted by Gasteiger charge is 2.23. The number of hydrogen-bond donors (Lipinski definition) is 1. The Morgan fingerprint density at radius 1 is 1.11 bits per heavy atom. The summed E-state index contributed by atoms with van der Waals surface area (Å²) in [6.07, 6.45) is 5.83. The van der Waals surface area contributed by atoms with Crippen LogP contribution in [0.25, 0.3) is 0 Å². The molecule has 0 spiro atoms. The van der Waals surface area contributed by atoms with Crippen molar-refractivity contribution in [3.8, 4) is 5.75 Å². The molecular formula is C22H34N2O4. The number of rotatable bonds is 7. The molecule has 1 saturated carbocycles. The first-order chi connectivity index (χ1) is 13.7. The van der Waals surface area contributed by atoms with Crippen LogP contribution in [0.5, 0.6) is 5.75 Å². The van der Waals surface area contributed by atoms with Gasteiger partial charge in [-0.15, -0.1) is 0 Å². The second kappa shape index (κ2) is 10.7. The van der Waals surface area contributed by atoms with Crippen molar-refractivity contribution in [2.24, 2.45) is 0 Å². The van der Waals surface area contributed by atoms with Crippen molar-refractivity contribution in [3.05, 3.63) is 29.8 Å². The number of carbonyl (C=O) groups is 1. The normalized spacial score (nSPS) is 20.0. The number of piperazine rings is 1. The van der Waals surface area contributed by atoms with Crippen molar-refractivity contribution >= 4 is 6.09 Å². The van der Waals surface area contributed by atoms with E-state index in [2.05, 4.69) is 17.0 Å². The van der Waals surface area contributed by atoms with E-state index in [0.717, 1.165) is 18.8 Å². The predicted molar refractivity (Wildman–Crippen MR) is 109 cm³/mol. The van der Waals surface area contributed by atoms with Gasteiger partial charge in [0, 0.05) is 32.7 Å². The fourth-order valence-electron chi connectivity index (χ4n) is 4.14. The molecule has 2 aliphatic rings. The van der Waals surface area contributed by atoms with E-state index in [9.17, 15) is 9.90 Å². The van der Waals surface area contributed by atoms with Gasteiger partial charge in [-0.3, -0.25) is 4.90 Å².